The van der Waals surface area contributed by atoms with E-state index in [-0.39, 0.29) is 30.3 Å². The van der Waals surface area contributed by atoms with Gasteiger partial charge in [-0.05, 0) is 25.0 Å². The van der Waals surface area contributed by atoms with E-state index in [1.807, 2.05) is 5.43 Å². The minimum atomic E-state index is -1.29. The first-order chi connectivity index (χ1) is 12.3. The molecule has 0 unspecified atom stereocenters. The molecule has 3 amide bonds. The highest BCUT2D eigenvalue weighted by molar-refractivity contribution is 6.30. The van der Waals surface area contributed by atoms with Gasteiger partial charge in [0, 0.05) is 18.7 Å². The van der Waals surface area contributed by atoms with Crippen molar-refractivity contribution < 1.29 is 28.6 Å². The number of hydrazine groups is 1. The molecule has 9 nitrogen and oxygen atoms in total. The zero-order chi connectivity index (χ0) is 19.3. The maximum Gasteiger partial charge on any atom is 0.408 e. The SMILES string of the molecule is NNC(=O)[C@H]1CC[C@H](NC(=O)COc2ccc(Cl)c(F)c2)CN1C(=O)O. The summed E-state index contributed by atoms with van der Waals surface area (Å²) in [6.45, 7) is -0.438. The molecule has 0 radical (unpaired) electrons. The normalized spacial score (nSPS) is 19.6. The van der Waals surface area contributed by atoms with Crippen molar-refractivity contribution in [3.05, 3.63) is 29.0 Å². The monoisotopic (exact) mass is 388 g/mol. The number of nitrogens with one attached hydrogen (secondary N) is 2. The van der Waals surface area contributed by atoms with Crippen molar-refractivity contribution in [3.63, 3.8) is 0 Å². The van der Waals surface area contributed by atoms with Crippen LogP contribution in [0.2, 0.25) is 5.02 Å². The highest BCUT2D eigenvalue weighted by Gasteiger charge is 2.36. The first kappa shape index (κ1) is 19.7. The third-order valence-corrected chi connectivity index (χ3v) is 4.21. The summed E-state index contributed by atoms with van der Waals surface area (Å²) in [5.41, 5.74) is 1.93. The number of piperidine rings is 1. The van der Waals surface area contributed by atoms with Crippen LogP contribution in [-0.2, 0) is 9.59 Å². The molecule has 5 N–H and O–H groups in total. The van der Waals surface area contributed by atoms with Gasteiger partial charge < -0.3 is 15.2 Å². The van der Waals surface area contributed by atoms with Gasteiger partial charge in [0.25, 0.3) is 11.8 Å². The second kappa shape index (κ2) is 8.68. The Morgan fingerprint density at radius 2 is 2.12 bits per heavy atom. The molecule has 0 bridgehead atoms. The summed E-state index contributed by atoms with van der Waals surface area (Å²) in [6, 6.07) is 2.39. The number of benzene rings is 1. The Balaban J connectivity index is 1.87. The van der Waals surface area contributed by atoms with E-state index in [2.05, 4.69) is 5.32 Å². The van der Waals surface area contributed by atoms with E-state index >= 15 is 0 Å². The summed E-state index contributed by atoms with van der Waals surface area (Å²) < 4.78 is 18.5. The highest BCUT2D eigenvalue weighted by Crippen LogP contribution is 2.20. The van der Waals surface area contributed by atoms with Gasteiger partial charge in [-0.2, -0.15) is 0 Å². The molecule has 1 aliphatic heterocycles. The highest BCUT2D eigenvalue weighted by atomic mass is 35.5. The Kier molecular flexibility index (Phi) is 6.58. The molecule has 2 rings (SSSR count). The Morgan fingerprint density at radius 3 is 2.73 bits per heavy atom. The van der Waals surface area contributed by atoms with Crippen LogP contribution in [0.15, 0.2) is 18.2 Å². The van der Waals surface area contributed by atoms with Crippen LogP contribution in [0.4, 0.5) is 9.18 Å². The fraction of sp³-hybridized carbons (Fsp3) is 0.400. The topological polar surface area (TPSA) is 134 Å². The van der Waals surface area contributed by atoms with Crippen molar-refractivity contribution in [2.24, 2.45) is 5.84 Å². The summed E-state index contributed by atoms with van der Waals surface area (Å²) in [4.78, 5) is 35.8. The Hall–Kier alpha value is -2.59. The predicted molar refractivity (Wildman–Crippen MR) is 88.9 cm³/mol. The molecular weight excluding hydrogens is 371 g/mol. The van der Waals surface area contributed by atoms with Gasteiger partial charge in [-0.3, -0.25) is 19.9 Å². The molecule has 2 atom stereocenters. The van der Waals surface area contributed by atoms with Gasteiger partial charge in [0.2, 0.25) is 0 Å². The number of ether oxygens (including phenoxy) is 1. The lowest BCUT2D eigenvalue weighted by Gasteiger charge is -2.36. The van der Waals surface area contributed by atoms with Crippen molar-refractivity contribution in [2.75, 3.05) is 13.2 Å². The van der Waals surface area contributed by atoms with Gasteiger partial charge >= 0.3 is 6.09 Å². The van der Waals surface area contributed by atoms with E-state index in [1.165, 1.54) is 12.1 Å². The van der Waals surface area contributed by atoms with Gasteiger partial charge in [-0.15, -0.1) is 0 Å². The maximum atomic E-state index is 13.3. The number of amides is 3. The molecule has 1 aromatic carbocycles. The van der Waals surface area contributed by atoms with E-state index in [0.29, 0.717) is 6.42 Å². The number of nitrogens with two attached hydrogens (primary N) is 1. The van der Waals surface area contributed by atoms with Crippen LogP contribution in [0.5, 0.6) is 5.75 Å². The minimum Gasteiger partial charge on any atom is -0.484 e. The molecule has 0 aliphatic carbocycles. The fourth-order valence-corrected chi connectivity index (χ4v) is 2.77. The van der Waals surface area contributed by atoms with E-state index in [0.717, 1.165) is 11.0 Å². The van der Waals surface area contributed by atoms with Crippen molar-refractivity contribution in [2.45, 2.75) is 24.9 Å². The van der Waals surface area contributed by atoms with Crippen LogP contribution >= 0.6 is 11.6 Å². The molecule has 1 aliphatic rings. The Bertz CT molecular complexity index is 705. The first-order valence-electron chi connectivity index (χ1n) is 7.69. The third-order valence-electron chi connectivity index (χ3n) is 3.90. The van der Waals surface area contributed by atoms with E-state index in [1.54, 1.807) is 0 Å². The summed E-state index contributed by atoms with van der Waals surface area (Å²) in [5, 5.41) is 11.8. The molecule has 142 valence electrons. The number of carbonyl (C=O) groups excluding carboxylic acids is 2. The number of hydrogen-bond acceptors (Lipinski definition) is 5. The van der Waals surface area contributed by atoms with Crippen molar-refractivity contribution >= 4 is 29.5 Å². The smallest absolute Gasteiger partial charge is 0.408 e. The van der Waals surface area contributed by atoms with Crippen molar-refractivity contribution in [1.29, 1.82) is 0 Å². The van der Waals surface area contributed by atoms with E-state index in [9.17, 15) is 23.9 Å². The summed E-state index contributed by atoms with van der Waals surface area (Å²) in [7, 11) is 0. The van der Waals surface area contributed by atoms with Gasteiger partial charge in [0.05, 0.1) is 5.02 Å². The number of rotatable bonds is 5. The molecular formula is C15H18ClFN4O5. The molecule has 11 heteroatoms. The van der Waals surface area contributed by atoms with E-state index in [4.69, 9.17) is 22.2 Å². The predicted octanol–water partition coefficient (Wildman–Crippen LogP) is 0.475. The molecule has 1 saturated heterocycles. The van der Waals surface area contributed by atoms with Crippen LogP contribution < -0.4 is 21.3 Å². The van der Waals surface area contributed by atoms with Gasteiger partial charge in [0.15, 0.2) is 6.61 Å². The second-order valence-corrected chi connectivity index (χ2v) is 6.07. The quantitative estimate of drug-likeness (QED) is 0.329. The molecule has 1 heterocycles. The number of halogens is 2. The van der Waals surface area contributed by atoms with Gasteiger partial charge in [0.1, 0.15) is 17.6 Å². The molecule has 26 heavy (non-hydrogen) atoms. The number of carbonyl (C=O) groups is 3. The lowest BCUT2D eigenvalue weighted by atomic mass is 9.98. The number of likely N-dealkylation sites (tertiary alicyclic amines) is 1. The lowest BCUT2D eigenvalue weighted by molar-refractivity contribution is -0.127. The van der Waals surface area contributed by atoms with Crippen LogP contribution in [0, 0.1) is 5.82 Å². The first-order valence-corrected chi connectivity index (χ1v) is 8.07. The summed E-state index contributed by atoms with van der Waals surface area (Å²) in [5.74, 6) is 3.41. The maximum absolute atomic E-state index is 13.3. The van der Waals surface area contributed by atoms with Crippen molar-refractivity contribution in [1.82, 2.24) is 15.6 Å². The molecule has 0 aromatic heterocycles. The van der Waals surface area contributed by atoms with E-state index < -0.39 is 35.8 Å². The minimum absolute atomic E-state index is 0.0608. The summed E-state index contributed by atoms with van der Waals surface area (Å²) in [6.07, 6.45) is -0.683. The zero-order valence-electron chi connectivity index (χ0n) is 13.6. The van der Waals surface area contributed by atoms with Crippen LogP contribution in [0.3, 0.4) is 0 Å². The third kappa shape index (κ3) is 4.96. The Morgan fingerprint density at radius 1 is 1.38 bits per heavy atom. The number of hydrogen-bond donors (Lipinski definition) is 4. The molecule has 1 aromatic rings. The molecule has 0 saturated carbocycles. The molecule has 0 spiro atoms. The second-order valence-electron chi connectivity index (χ2n) is 5.67. The fourth-order valence-electron chi connectivity index (χ4n) is 2.65. The zero-order valence-corrected chi connectivity index (χ0v) is 14.3. The van der Waals surface area contributed by atoms with Crippen LogP contribution in [0.1, 0.15) is 12.8 Å². The standard InChI is InChI=1S/C15H18ClFN4O5/c16-10-3-2-9(5-11(10)17)26-7-13(22)19-8-1-4-12(14(23)20-18)21(6-8)15(24)25/h2-3,5,8,12H,1,4,6-7,18H2,(H,19,22)(H,20,23)(H,24,25)/t8-,12+/m0/s1. The van der Waals surface area contributed by atoms with Crippen LogP contribution in [-0.4, -0.2) is 53.1 Å². The average molecular weight is 389 g/mol. The van der Waals surface area contributed by atoms with Gasteiger partial charge in [-0.1, -0.05) is 11.6 Å². The van der Waals surface area contributed by atoms with Gasteiger partial charge in [-0.25, -0.2) is 15.0 Å². The Labute approximate surface area is 153 Å². The lowest BCUT2D eigenvalue weighted by Crippen LogP contribution is -2.59. The average Bonchev–Trinajstić information content (AvgIpc) is 2.62. The van der Waals surface area contributed by atoms with Crippen LogP contribution in [0.25, 0.3) is 0 Å². The number of carboxylic acid groups (broad SMARTS) is 1. The van der Waals surface area contributed by atoms with Crippen molar-refractivity contribution in [3.8, 4) is 5.75 Å². The molecule has 1 fully saturated rings. The number of nitrogens with zero attached hydrogens (tertiary/aromatic N) is 1. The largest absolute Gasteiger partial charge is 0.484 e. The summed E-state index contributed by atoms with van der Waals surface area (Å²) >= 11 is 5.56.